The van der Waals surface area contributed by atoms with Crippen molar-refractivity contribution in [2.24, 2.45) is 13.0 Å². The second-order valence-electron chi connectivity index (χ2n) is 13.4. The minimum atomic E-state index is -0.271. The van der Waals surface area contributed by atoms with E-state index in [0.717, 1.165) is 73.5 Å². The first-order valence-corrected chi connectivity index (χ1v) is 16.8. The SMILES string of the molecule is CO[C@H]1CN([C@H]2C[C@@H](CO[C@H]3CC[C@H](C=O)CC3)N(C(=O)Cc3ccc(NC(=O)c4nn(C)c5ccccc45)c(C)c3)C2)C[C@H]1OC. The van der Waals surface area contributed by atoms with Gasteiger partial charge in [0.25, 0.3) is 5.91 Å². The number of nitrogens with zero attached hydrogens (tertiary/aromatic N) is 4. The van der Waals surface area contributed by atoms with Gasteiger partial charge >= 0.3 is 0 Å². The van der Waals surface area contributed by atoms with Gasteiger partial charge in [-0.05, 0) is 62.3 Å². The molecule has 4 atom stereocenters. The number of rotatable bonds is 11. The molecule has 3 heterocycles. The quantitative estimate of drug-likeness (QED) is 0.314. The summed E-state index contributed by atoms with van der Waals surface area (Å²) in [5.74, 6) is -0.0696. The van der Waals surface area contributed by atoms with Gasteiger partial charge in [-0.2, -0.15) is 5.10 Å². The number of aldehydes is 1. The van der Waals surface area contributed by atoms with E-state index in [1.54, 1.807) is 18.9 Å². The van der Waals surface area contributed by atoms with Crippen LogP contribution in [0.3, 0.4) is 0 Å². The van der Waals surface area contributed by atoms with Crippen LogP contribution in [0.1, 0.15) is 53.7 Å². The van der Waals surface area contributed by atoms with Crippen LogP contribution >= 0.6 is 0 Å². The predicted molar refractivity (Wildman–Crippen MR) is 178 cm³/mol. The maximum absolute atomic E-state index is 13.9. The first-order valence-electron chi connectivity index (χ1n) is 16.8. The van der Waals surface area contributed by atoms with Crippen molar-refractivity contribution in [1.29, 1.82) is 0 Å². The van der Waals surface area contributed by atoms with E-state index in [0.29, 0.717) is 24.5 Å². The third-order valence-electron chi connectivity index (χ3n) is 10.4. The number of amides is 2. The molecule has 3 aromatic rings. The highest BCUT2D eigenvalue weighted by Gasteiger charge is 2.43. The molecule has 0 unspecified atom stereocenters. The molecule has 11 heteroatoms. The topological polar surface area (TPSA) is 115 Å². The number of benzene rings is 2. The first kappa shape index (κ1) is 33.3. The van der Waals surface area contributed by atoms with Gasteiger partial charge in [-0.25, -0.2) is 0 Å². The molecule has 1 aromatic heterocycles. The van der Waals surface area contributed by atoms with Crippen LogP contribution in [0.4, 0.5) is 5.69 Å². The fourth-order valence-corrected chi connectivity index (χ4v) is 7.60. The number of ether oxygens (including phenoxy) is 3. The Hall–Kier alpha value is -3.64. The van der Waals surface area contributed by atoms with Gasteiger partial charge < -0.3 is 29.2 Å². The van der Waals surface area contributed by atoms with Crippen molar-refractivity contribution < 1.29 is 28.6 Å². The number of nitrogens with one attached hydrogen (secondary N) is 1. The van der Waals surface area contributed by atoms with Crippen LogP contribution in [-0.4, -0.2) is 109 Å². The molecule has 1 saturated carbocycles. The van der Waals surface area contributed by atoms with Crippen molar-refractivity contribution in [3.63, 3.8) is 0 Å². The molecule has 0 radical (unpaired) electrons. The van der Waals surface area contributed by atoms with Gasteiger partial charge in [0.05, 0.1) is 42.9 Å². The Balaban J connectivity index is 1.12. The number of aryl methyl sites for hydroxylation is 2. The van der Waals surface area contributed by atoms with Gasteiger partial charge in [-0.15, -0.1) is 0 Å². The Labute approximate surface area is 276 Å². The normalized spacial score (nSPS) is 26.6. The highest BCUT2D eigenvalue weighted by atomic mass is 16.5. The Morgan fingerprint density at radius 3 is 2.40 bits per heavy atom. The van der Waals surface area contributed by atoms with Crippen molar-refractivity contribution in [3.05, 3.63) is 59.3 Å². The Morgan fingerprint density at radius 1 is 1.00 bits per heavy atom. The van der Waals surface area contributed by atoms with Gasteiger partial charge in [-0.3, -0.25) is 19.2 Å². The molecule has 2 aromatic carbocycles. The highest BCUT2D eigenvalue weighted by Crippen LogP contribution is 2.31. The summed E-state index contributed by atoms with van der Waals surface area (Å²) in [4.78, 5) is 42.7. The molecule has 0 spiro atoms. The molecule has 252 valence electrons. The largest absolute Gasteiger partial charge is 0.377 e. The van der Waals surface area contributed by atoms with Gasteiger partial charge in [-0.1, -0.05) is 30.3 Å². The van der Waals surface area contributed by atoms with Crippen LogP contribution < -0.4 is 5.32 Å². The van der Waals surface area contributed by atoms with Crippen LogP contribution in [0.5, 0.6) is 0 Å². The molecule has 47 heavy (non-hydrogen) atoms. The summed E-state index contributed by atoms with van der Waals surface area (Å²) in [6.45, 7) is 4.59. The second kappa shape index (κ2) is 14.6. The van der Waals surface area contributed by atoms with E-state index in [1.807, 2.05) is 61.3 Å². The fraction of sp³-hybridized carbons (Fsp3) is 0.556. The number of likely N-dealkylation sites (tertiary alicyclic amines) is 2. The average Bonchev–Trinajstić information content (AvgIpc) is 3.80. The van der Waals surface area contributed by atoms with Crippen molar-refractivity contribution in [1.82, 2.24) is 19.6 Å². The number of anilines is 1. The van der Waals surface area contributed by atoms with E-state index in [-0.39, 0.29) is 54.5 Å². The zero-order valence-electron chi connectivity index (χ0n) is 27.9. The van der Waals surface area contributed by atoms with Gasteiger partial charge in [0.2, 0.25) is 5.91 Å². The lowest BCUT2D eigenvalue weighted by Crippen LogP contribution is -2.41. The van der Waals surface area contributed by atoms with E-state index in [9.17, 15) is 14.4 Å². The van der Waals surface area contributed by atoms with E-state index >= 15 is 0 Å². The van der Waals surface area contributed by atoms with E-state index < -0.39 is 0 Å². The smallest absolute Gasteiger partial charge is 0.276 e. The van der Waals surface area contributed by atoms with Crippen LogP contribution in [-0.2, 0) is 37.3 Å². The minimum absolute atomic E-state index is 0.00540. The number of para-hydroxylation sites is 1. The van der Waals surface area contributed by atoms with Gasteiger partial charge in [0.15, 0.2) is 5.69 Å². The Morgan fingerprint density at radius 2 is 1.72 bits per heavy atom. The molecule has 1 aliphatic carbocycles. The summed E-state index contributed by atoms with van der Waals surface area (Å²) in [6.07, 6.45) is 5.78. The number of carbonyl (C=O) groups excluding carboxylic acids is 3. The zero-order chi connectivity index (χ0) is 33.1. The summed E-state index contributed by atoms with van der Waals surface area (Å²) in [5.41, 5.74) is 3.73. The van der Waals surface area contributed by atoms with Crippen molar-refractivity contribution in [2.75, 3.05) is 45.8 Å². The lowest BCUT2D eigenvalue weighted by molar-refractivity contribution is -0.133. The molecule has 1 N–H and O–H groups in total. The summed E-state index contributed by atoms with van der Waals surface area (Å²) in [5, 5.41) is 8.25. The summed E-state index contributed by atoms with van der Waals surface area (Å²) < 4.78 is 19.5. The summed E-state index contributed by atoms with van der Waals surface area (Å²) >= 11 is 0. The molecule has 6 rings (SSSR count). The average molecular weight is 646 g/mol. The maximum Gasteiger partial charge on any atom is 0.276 e. The molecule has 2 amide bonds. The number of fused-ring (bicyclic) bond motifs is 1. The van der Waals surface area contributed by atoms with Gasteiger partial charge in [0.1, 0.15) is 6.29 Å². The molecule has 11 nitrogen and oxygen atoms in total. The molecular formula is C36H47N5O6. The monoisotopic (exact) mass is 645 g/mol. The Bertz CT molecular complexity index is 1570. The second-order valence-corrected chi connectivity index (χ2v) is 13.4. The van der Waals surface area contributed by atoms with Crippen molar-refractivity contribution in [2.45, 2.75) is 75.8 Å². The molecule has 0 bridgehead atoms. The van der Waals surface area contributed by atoms with E-state index in [2.05, 4.69) is 15.3 Å². The molecule has 3 aliphatic rings. The van der Waals surface area contributed by atoms with Crippen LogP contribution in [0.15, 0.2) is 42.5 Å². The first-order chi connectivity index (χ1) is 22.8. The number of hydrogen-bond donors (Lipinski definition) is 1. The minimum Gasteiger partial charge on any atom is -0.377 e. The third kappa shape index (κ3) is 7.28. The third-order valence-corrected chi connectivity index (χ3v) is 10.4. The molecule has 3 fully saturated rings. The molecule has 2 aliphatic heterocycles. The number of methoxy groups -OCH3 is 2. The number of hydrogen-bond acceptors (Lipinski definition) is 8. The number of carbonyl (C=O) groups is 3. The van der Waals surface area contributed by atoms with Gasteiger partial charge in [0, 0.05) is 63.9 Å². The molecular weight excluding hydrogens is 598 g/mol. The zero-order valence-corrected chi connectivity index (χ0v) is 27.9. The highest BCUT2D eigenvalue weighted by molar-refractivity contribution is 6.11. The summed E-state index contributed by atoms with van der Waals surface area (Å²) in [7, 11) is 5.27. The number of aromatic nitrogens is 2. The Kier molecular flexibility index (Phi) is 10.4. The van der Waals surface area contributed by atoms with Crippen LogP contribution in [0, 0.1) is 12.8 Å². The standard InChI is InChI=1S/C36H47N5O6/c1-23-15-25(11-14-30(23)37-36(44)35-29-7-5-6-8-31(29)39(2)38-35)16-34(43)41-18-26(40-19-32(45-3)33(20-40)46-4)17-27(41)22-47-28-12-9-24(21-42)10-13-28/h5-8,11,14-15,21,24,26-28,32-33H,9-10,12-13,16-20,22H2,1-4H3,(H,37,44)/t24-,26-,27-,28-,32-,33+/m0/s1. The van der Waals surface area contributed by atoms with Crippen LogP contribution in [0.2, 0.25) is 0 Å². The molecule has 2 saturated heterocycles. The van der Waals surface area contributed by atoms with Crippen molar-refractivity contribution >= 4 is 34.7 Å². The van der Waals surface area contributed by atoms with Crippen molar-refractivity contribution in [3.8, 4) is 0 Å². The lowest BCUT2D eigenvalue weighted by atomic mass is 9.88. The predicted octanol–water partition coefficient (Wildman–Crippen LogP) is 3.77. The van der Waals surface area contributed by atoms with E-state index in [4.69, 9.17) is 14.2 Å². The lowest BCUT2D eigenvalue weighted by Gasteiger charge is -2.29. The van der Waals surface area contributed by atoms with Crippen LogP contribution in [0.25, 0.3) is 10.9 Å². The summed E-state index contributed by atoms with van der Waals surface area (Å²) in [6, 6.07) is 13.6. The maximum atomic E-state index is 13.9. The van der Waals surface area contributed by atoms with E-state index in [1.165, 1.54) is 0 Å². The fourth-order valence-electron chi connectivity index (χ4n) is 7.60.